The zero-order valence-corrected chi connectivity index (χ0v) is 13.1. The van der Waals surface area contributed by atoms with Crippen LogP contribution in [0.1, 0.15) is 18.4 Å². The molecule has 1 fully saturated rings. The normalized spacial score (nSPS) is 18.8. The van der Waals surface area contributed by atoms with Crippen molar-refractivity contribution < 1.29 is 4.79 Å². The molecule has 3 heteroatoms. The first-order valence-corrected chi connectivity index (χ1v) is 8.30. The molecule has 2 aliphatic rings. The Morgan fingerprint density at radius 1 is 0.957 bits per heavy atom. The summed E-state index contributed by atoms with van der Waals surface area (Å²) >= 11 is 0. The molecule has 2 heterocycles. The average Bonchev–Trinajstić information content (AvgIpc) is 2.92. The third kappa shape index (κ3) is 2.84. The number of para-hydroxylation sites is 1. The maximum Gasteiger partial charge on any atom is 0.274 e. The van der Waals surface area contributed by atoms with E-state index in [2.05, 4.69) is 40.2 Å². The van der Waals surface area contributed by atoms with E-state index in [1.807, 2.05) is 24.3 Å². The van der Waals surface area contributed by atoms with Gasteiger partial charge in [0.25, 0.3) is 5.91 Å². The van der Waals surface area contributed by atoms with Crippen LogP contribution in [0.4, 0.5) is 0 Å². The van der Waals surface area contributed by atoms with Crippen LogP contribution in [0.15, 0.2) is 59.6 Å². The van der Waals surface area contributed by atoms with Crippen molar-refractivity contribution >= 4 is 11.5 Å². The molecule has 0 aromatic heterocycles. The minimum absolute atomic E-state index is 0.0206. The van der Waals surface area contributed by atoms with Crippen molar-refractivity contribution in [2.24, 2.45) is 10.9 Å². The Morgan fingerprint density at radius 3 is 2.43 bits per heavy atom. The quantitative estimate of drug-likeness (QED) is 0.868. The van der Waals surface area contributed by atoms with Gasteiger partial charge in [0.1, 0.15) is 0 Å². The van der Waals surface area contributed by atoms with Crippen LogP contribution >= 0.6 is 0 Å². The number of benzene rings is 2. The molecule has 0 N–H and O–H groups in total. The van der Waals surface area contributed by atoms with E-state index in [1.165, 1.54) is 5.56 Å². The highest BCUT2D eigenvalue weighted by molar-refractivity contribution is 6.15. The molecule has 2 aromatic carbocycles. The molecule has 23 heavy (non-hydrogen) atoms. The lowest BCUT2D eigenvalue weighted by Crippen LogP contribution is -2.35. The second kappa shape index (κ2) is 6.09. The van der Waals surface area contributed by atoms with Gasteiger partial charge in [-0.05, 0) is 43.5 Å². The SMILES string of the molecule is O=C1N=c2ccccc2=C1C1CCN(Cc2ccccc2)CC1. The van der Waals surface area contributed by atoms with E-state index in [1.54, 1.807) is 0 Å². The monoisotopic (exact) mass is 304 g/mol. The summed E-state index contributed by atoms with van der Waals surface area (Å²) in [6.07, 6.45) is 2.08. The molecule has 4 rings (SSSR count). The van der Waals surface area contributed by atoms with Gasteiger partial charge in [-0.25, -0.2) is 4.99 Å². The van der Waals surface area contributed by atoms with Crippen LogP contribution in [0.25, 0.3) is 5.57 Å². The molecule has 116 valence electrons. The number of hydrogen-bond acceptors (Lipinski definition) is 2. The summed E-state index contributed by atoms with van der Waals surface area (Å²) in [6, 6.07) is 18.5. The fourth-order valence-corrected chi connectivity index (χ4v) is 3.70. The van der Waals surface area contributed by atoms with Gasteiger partial charge in [-0.3, -0.25) is 9.69 Å². The summed E-state index contributed by atoms with van der Waals surface area (Å²) in [5.41, 5.74) is 2.30. The van der Waals surface area contributed by atoms with Crippen molar-refractivity contribution in [3.05, 3.63) is 70.7 Å². The van der Waals surface area contributed by atoms with Gasteiger partial charge in [0.2, 0.25) is 0 Å². The van der Waals surface area contributed by atoms with E-state index in [-0.39, 0.29) is 5.91 Å². The predicted octanol–water partition coefficient (Wildman–Crippen LogP) is 1.91. The smallest absolute Gasteiger partial charge is 0.274 e. The van der Waals surface area contributed by atoms with Crippen LogP contribution in [0.3, 0.4) is 0 Å². The van der Waals surface area contributed by atoms with Crippen LogP contribution in [0.2, 0.25) is 0 Å². The zero-order valence-electron chi connectivity index (χ0n) is 13.1. The van der Waals surface area contributed by atoms with Gasteiger partial charge >= 0.3 is 0 Å². The third-order valence-corrected chi connectivity index (χ3v) is 4.89. The maximum absolute atomic E-state index is 12.3. The highest BCUT2D eigenvalue weighted by atomic mass is 16.1. The molecule has 3 nitrogen and oxygen atoms in total. The van der Waals surface area contributed by atoms with Gasteiger partial charge in [0.15, 0.2) is 0 Å². The topological polar surface area (TPSA) is 32.7 Å². The Kier molecular flexibility index (Phi) is 3.80. The highest BCUT2D eigenvalue weighted by Gasteiger charge is 2.28. The Hall–Kier alpha value is -2.26. The molecule has 0 unspecified atom stereocenters. The Labute approximate surface area is 136 Å². The van der Waals surface area contributed by atoms with E-state index < -0.39 is 0 Å². The van der Waals surface area contributed by atoms with Gasteiger partial charge in [-0.15, -0.1) is 0 Å². The Bertz CT molecular complexity index is 833. The number of amides is 1. The van der Waals surface area contributed by atoms with Crippen molar-refractivity contribution in [2.75, 3.05) is 13.1 Å². The summed E-state index contributed by atoms with van der Waals surface area (Å²) in [7, 11) is 0. The first kappa shape index (κ1) is 14.3. The molecule has 1 amide bonds. The summed E-state index contributed by atoms with van der Waals surface area (Å²) in [5.74, 6) is 0.328. The fourth-order valence-electron chi connectivity index (χ4n) is 3.70. The minimum Gasteiger partial charge on any atom is -0.299 e. The number of rotatable bonds is 3. The molecule has 0 spiro atoms. The first-order valence-electron chi connectivity index (χ1n) is 8.30. The molecule has 2 aliphatic heterocycles. The fraction of sp³-hybridized carbons (Fsp3) is 0.300. The van der Waals surface area contributed by atoms with Crippen LogP contribution < -0.4 is 10.6 Å². The minimum atomic E-state index is -0.0206. The second-order valence-corrected chi connectivity index (χ2v) is 6.38. The average molecular weight is 304 g/mol. The van der Waals surface area contributed by atoms with Crippen molar-refractivity contribution in [2.45, 2.75) is 19.4 Å². The van der Waals surface area contributed by atoms with E-state index in [4.69, 9.17) is 0 Å². The lowest BCUT2D eigenvalue weighted by atomic mass is 9.87. The lowest BCUT2D eigenvalue weighted by Gasteiger charge is -2.32. The first-order chi connectivity index (χ1) is 11.3. The van der Waals surface area contributed by atoms with E-state index in [9.17, 15) is 4.79 Å². The molecule has 2 aromatic rings. The van der Waals surface area contributed by atoms with Crippen LogP contribution in [-0.4, -0.2) is 23.9 Å². The molecule has 0 aliphatic carbocycles. The van der Waals surface area contributed by atoms with E-state index in [0.717, 1.165) is 48.6 Å². The summed E-state index contributed by atoms with van der Waals surface area (Å²) in [4.78, 5) is 19.0. The van der Waals surface area contributed by atoms with Crippen molar-refractivity contribution in [3.8, 4) is 0 Å². The summed E-state index contributed by atoms with van der Waals surface area (Å²) in [5, 5.41) is 1.90. The number of piperidine rings is 1. The Balaban J connectivity index is 1.49. The number of fused-ring (bicyclic) bond motifs is 1. The third-order valence-electron chi connectivity index (χ3n) is 4.89. The van der Waals surface area contributed by atoms with Gasteiger partial charge < -0.3 is 0 Å². The number of hydrogen-bond donors (Lipinski definition) is 0. The predicted molar refractivity (Wildman–Crippen MR) is 90.1 cm³/mol. The number of carbonyl (C=O) groups is 1. The molecule has 0 bridgehead atoms. The standard InChI is InChI=1S/C20H20N2O/c23-20-19(17-8-4-5-9-18(17)21-20)16-10-12-22(13-11-16)14-15-6-2-1-3-7-15/h1-9,16H,10-14H2. The van der Waals surface area contributed by atoms with Crippen molar-refractivity contribution in [1.82, 2.24) is 4.90 Å². The summed E-state index contributed by atoms with van der Waals surface area (Å²) in [6.45, 7) is 3.08. The molecule has 0 atom stereocenters. The van der Waals surface area contributed by atoms with Gasteiger partial charge in [0, 0.05) is 17.3 Å². The number of likely N-dealkylation sites (tertiary alicyclic amines) is 1. The largest absolute Gasteiger partial charge is 0.299 e. The van der Waals surface area contributed by atoms with Crippen LogP contribution in [0.5, 0.6) is 0 Å². The zero-order chi connectivity index (χ0) is 15.6. The number of nitrogens with zero attached hydrogens (tertiary/aromatic N) is 2. The molecular weight excluding hydrogens is 284 g/mol. The molecule has 0 radical (unpaired) electrons. The van der Waals surface area contributed by atoms with Crippen LogP contribution in [-0.2, 0) is 11.3 Å². The molecular formula is C20H20N2O. The molecule has 1 saturated heterocycles. The van der Waals surface area contributed by atoms with Crippen LogP contribution in [0, 0.1) is 5.92 Å². The second-order valence-electron chi connectivity index (χ2n) is 6.38. The van der Waals surface area contributed by atoms with Gasteiger partial charge in [-0.1, -0.05) is 48.5 Å². The molecule has 0 saturated carbocycles. The van der Waals surface area contributed by atoms with Gasteiger partial charge in [-0.2, -0.15) is 0 Å². The highest BCUT2D eigenvalue weighted by Crippen LogP contribution is 2.27. The van der Waals surface area contributed by atoms with Crippen molar-refractivity contribution in [3.63, 3.8) is 0 Å². The van der Waals surface area contributed by atoms with E-state index in [0.29, 0.717) is 5.92 Å². The van der Waals surface area contributed by atoms with E-state index >= 15 is 0 Å². The maximum atomic E-state index is 12.3. The van der Waals surface area contributed by atoms with Gasteiger partial charge in [0.05, 0.1) is 5.36 Å². The lowest BCUT2D eigenvalue weighted by molar-refractivity contribution is -0.113. The van der Waals surface area contributed by atoms with Crippen molar-refractivity contribution in [1.29, 1.82) is 0 Å². The summed E-state index contributed by atoms with van der Waals surface area (Å²) < 4.78 is 0. The number of carbonyl (C=O) groups excluding carboxylic acids is 1. The Morgan fingerprint density at radius 2 is 1.65 bits per heavy atom.